The normalized spacial score (nSPS) is 19.4. The molecule has 180 valence electrons. The summed E-state index contributed by atoms with van der Waals surface area (Å²) in [5.41, 5.74) is 1.76. The molecule has 0 unspecified atom stereocenters. The lowest BCUT2D eigenvalue weighted by Crippen LogP contribution is -2.49. The topological polar surface area (TPSA) is 120 Å². The molecular formula is C23H33N5O5. The van der Waals surface area contributed by atoms with Crippen molar-refractivity contribution in [3.63, 3.8) is 0 Å². The molecule has 33 heavy (non-hydrogen) atoms. The smallest absolute Gasteiger partial charge is 0.323 e. The number of hydrogen-bond acceptors (Lipinski definition) is 7. The highest BCUT2D eigenvalue weighted by Gasteiger charge is 2.34. The maximum absolute atomic E-state index is 13.4. The number of carbonyl (C=O) groups is 2. The number of carbonyl (C=O) groups excluding carboxylic acids is 2. The van der Waals surface area contributed by atoms with E-state index in [0.717, 1.165) is 0 Å². The first-order valence-electron chi connectivity index (χ1n) is 11.0. The van der Waals surface area contributed by atoms with Crippen LogP contribution in [0.15, 0.2) is 22.7 Å². The van der Waals surface area contributed by atoms with Crippen molar-refractivity contribution in [2.75, 3.05) is 44.4 Å². The van der Waals surface area contributed by atoms with Gasteiger partial charge in [0.25, 0.3) is 5.91 Å². The van der Waals surface area contributed by atoms with E-state index in [9.17, 15) is 14.7 Å². The van der Waals surface area contributed by atoms with Gasteiger partial charge in [0, 0.05) is 19.0 Å². The highest BCUT2D eigenvalue weighted by Crippen LogP contribution is 2.35. The van der Waals surface area contributed by atoms with E-state index in [1.807, 2.05) is 32.8 Å². The molecule has 3 rings (SSSR count). The number of aryl methyl sites for hydroxylation is 2. The molecule has 2 heterocycles. The Kier molecular flexibility index (Phi) is 7.60. The van der Waals surface area contributed by atoms with Gasteiger partial charge in [-0.25, -0.2) is 4.79 Å². The highest BCUT2D eigenvalue weighted by molar-refractivity contribution is 6.04. The first-order chi connectivity index (χ1) is 15.6. The van der Waals surface area contributed by atoms with Crippen LogP contribution < -0.4 is 15.4 Å². The number of aromatic nitrogens is 1. The molecule has 3 amide bonds. The number of benzene rings is 1. The van der Waals surface area contributed by atoms with Gasteiger partial charge < -0.3 is 34.8 Å². The van der Waals surface area contributed by atoms with Crippen LogP contribution >= 0.6 is 0 Å². The number of nitrogens with zero attached hydrogens (tertiary/aromatic N) is 3. The summed E-state index contributed by atoms with van der Waals surface area (Å²) in [5, 5.41) is 19.1. The summed E-state index contributed by atoms with van der Waals surface area (Å²) in [7, 11) is 3.91. The van der Waals surface area contributed by atoms with E-state index in [2.05, 4.69) is 15.8 Å². The van der Waals surface area contributed by atoms with Crippen LogP contribution in [0.25, 0.3) is 0 Å². The van der Waals surface area contributed by atoms with Crippen molar-refractivity contribution in [2.24, 2.45) is 5.92 Å². The van der Waals surface area contributed by atoms with Crippen molar-refractivity contribution >= 4 is 23.3 Å². The summed E-state index contributed by atoms with van der Waals surface area (Å²) in [4.78, 5) is 29.9. The molecule has 1 aliphatic heterocycles. The number of fused-ring (bicyclic) bond motifs is 1. The van der Waals surface area contributed by atoms with Crippen molar-refractivity contribution in [3.8, 4) is 5.75 Å². The van der Waals surface area contributed by atoms with Crippen LogP contribution in [0.1, 0.15) is 35.7 Å². The Morgan fingerprint density at radius 1 is 1.33 bits per heavy atom. The standard InChI is InChI=1S/C23H33N5O5/c1-13-10-28(14(2)12-29)22(30)17-8-7-9-18(21(17)32-19(13)11-27(5)6)24-23(31)25-20-15(3)26-33-16(20)4/h7-9,13-14,19,29H,10-12H2,1-6H3,(H2,24,25,31)/t13-,14-,19-/m0/s1. The second-order valence-corrected chi connectivity index (χ2v) is 8.85. The number of aliphatic hydroxyl groups excluding tert-OH is 1. The number of anilines is 2. The molecule has 3 N–H and O–H groups in total. The fourth-order valence-corrected chi connectivity index (χ4v) is 3.85. The maximum atomic E-state index is 13.4. The third-order valence-corrected chi connectivity index (χ3v) is 5.76. The largest absolute Gasteiger partial charge is 0.486 e. The van der Waals surface area contributed by atoms with Gasteiger partial charge >= 0.3 is 6.03 Å². The zero-order valence-corrected chi connectivity index (χ0v) is 20.0. The van der Waals surface area contributed by atoms with E-state index in [4.69, 9.17) is 9.26 Å². The fourth-order valence-electron chi connectivity index (χ4n) is 3.85. The zero-order valence-electron chi connectivity index (χ0n) is 20.0. The molecule has 0 aliphatic carbocycles. The van der Waals surface area contributed by atoms with Gasteiger partial charge in [-0.05, 0) is 47.0 Å². The van der Waals surface area contributed by atoms with E-state index in [0.29, 0.717) is 47.2 Å². The van der Waals surface area contributed by atoms with E-state index in [1.54, 1.807) is 36.9 Å². The van der Waals surface area contributed by atoms with Crippen molar-refractivity contribution in [1.82, 2.24) is 15.0 Å². The molecule has 0 saturated heterocycles. The number of hydrogen-bond donors (Lipinski definition) is 3. The molecule has 0 bridgehead atoms. The molecule has 0 saturated carbocycles. The van der Waals surface area contributed by atoms with Crippen LogP contribution in [0.2, 0.25) is 0 Å². The second-order valence-electron chi connectivity index (χ2n) is 8.85. The molecule has 3 atom stereocenters. The van der Waals surface area contributed by atoms with Crippen LogP contribution in [0.3, 0.4) is 0 Å². The second kappa shape index (κ2) is 10.2. The Morgan fingerprint density at radius 2 is 2.06 bits per heavy atom. The Labute approximate surface area is 193 Å². The Bertz CT molecular complexity index is 986. The highest BCUT2D eigenvalue weighted by atomic mass is 16.5. The average molecular weight is 460 g/mol. The summed E-state index contributed by atoms with van der Waals surface area (Å²) < 4.78 is 11.5. The minimum atomic E-state index is -0.506. The Balaban J connectivity index is 1.98. The molecular weight excluding hydrogens is 426 g/mol. The third-order valence-electron chi connectivity index (χ3n) is 5.76. The molecule has 1 aliphatic rings. The third kappa shape index (κ3) is 5.45. The van der Waals surface area contributed by atoms with E-state index < -0.39 is 6.03 Å². The number of aliphatic hydroxyl groups is 1. The SMILES string of the molecule is Cc1noc(C)c1NC(=O)Nc1cccc2c1O[C@@H](CN(C)C)[C@@H](C)CN([C@@H](C)CO)C2=O. The van der Waals surface area contributed by atoms with Gasteiger partial charge in [-0.1, -0.05) is 18.1 Å². The quantitative estimate of drug-likeness (QED) is 0.607. The van der Waals surface area contributed by atoms with Crippen LogP contribution in [-0.4, -0.2) is 77.9 Å². The van der Waals surface area contributed by atoms with Gasteiger partial charge in [-0.15, -0.1) is 0 Å². The summed E-state index contributed by atoms with van der Waals surface area (Å²) in [6, 6.07) is 4.20. The molecule has 1 aromatic carbocycles. The number of rotatable bonds is 6. The summed E-state index contributed by atoms with van der Waals surface area (Å²) in [5.74, 6) is 0.537. The summed E-state index contributed by atoms with van der Waals surface area (Å²) in [6.45, 7) is 8.19. The maximum Gasteiger partial charge on any atom is 0.323 e. The first-order valence-corrected chi connectivity index (χ1v) is 11.0. The van der Waals surface area contributed by atoms with Gasteiger partial charge in [-0.3, -0.25) is 4.79 Å². The fraction of sp³-hybridized carbons (Fsp3) is 0.522. The number of urea groups is 1. The van der Waals surface area contributed by atoms with E-state index in [-0.39, 0.29) is 30.6 Å². The molecule has 1 aromatic heterocycles. The van der Waals surface area contributed by atoms with Crippen LogP contribution in [0.5, 0.6) is 5.75 Å². The van der Waals surface area contributed by atoms with Gasteiger partial charge in [-0.2, -0.15) is 0 Å². The predicted octanol–water partition coefficient (Wildman–Crippen LogP) is 2.72. The van der Waals surface area contributed by atoms with Crippen LogP contribution in [-0.2, 0) is 0 Å². The number of para-hydroxylation sites is 1. The number of ether oxygens (including phenoxy) is 1. The van der Waals surface area contributed by atoms with Gasteiger partial charge in [0.2, 0.25) is 0 Å². The molecule has 0 fully saturated rings. The van der Waals surface area contributed by atoms with Crippen LogP contribution in [0.4, 0.5) is 16.2 Å². The molecule has 2 aromatic rings. The average Bonchev–Trinajstić information content (AvgIpc) is 3.07. The lowest BCUT2D eigenvalue weighted by molar-refractivity contribution is 0.0365. The minimum absolute atomic E-state index is 0.0114. The van der Waals surface area contributed by atoms with Crippen molar-refractivity contribution < 1.29 is 24.0 Å². The zero-order chi connectivity index (χ0) is 24.3. The Morgan fingerprint density at radius 3 is 2.67 bits per heavy atom. The monoisotopic (exact) mass is 459 g/mol. The lowest BCUT2D eigenvalue weighted by Gasteiger charge is -2.38. The molecule has 10 heteroatoms. The van der Waals surface area contributed by atoms with Crippen molar-refractivity contribution in [1.29, 1.82) is 0 Å². The summed E-state index contributed by atoms with van der Waals surface area (Å²) in [6.07, 6.45) is -0.242. The lowest BCUT2D eigenvalue weighted by atomic mass is 9.99. The predicted molar refractivity (Wildman–Crippen MR) is 125 cm³/mol. The molecule has 0 spiro atoms. The Hall–Kier alpha value is -3.11. The van der Waals surface area contributed by atoms with Crippen molar-refractivity contribution in [3.05, 3.63) is 35.2 Å². The number of nitrogens with one attached hydrogen (secondary N) is 2. The van der Waals surface area contributed by atoms with Gasteiger partial charge in [0.15, 0.2) is 11.5 Å². The minimum Gasteiger partial charge on any atom is -0.486 e. The molecule has 10 nitrogen and oxygen atoms in total. The van der Waals surface area contributed by atoms with E-state index >= 15 is 0 Å². The molecule has 0 radical (unpaired) electrons. The number of amides is 3. The summed E-state index contributed by atoms with van der Waals surface area (Å²) >= 11 is 0. The van der Waals surface area contributed by atoms with Crippen LogP contribution in [0, 0.1) is 19.8 Å². The van der Waals surface area contributed by atoms with E-state index in [1.165, 1.54) is 0 Å². The van der Waals surface area contributed by atoms with Gasteiger partial charge in [0.1, 0.15) is 17.5 Å². The first kappa shape index (κ1) is 24.5. The number of likely N-dealkylation sites (N-methyl/N-ethyl adjacent to an activating group) is 1. The van der Waals surface area contributed by atoms with Gasteiger partial charge in [0.05, 0.1) is 23.9 Å². The van der Waals surface area contributed by atoms with Crippen molar-refractivity contribution in [2.45, 2.75) is 39.8 Å².